The monoisotopic (exact) mass is 211 g/mol. The third kappa shape index (κ3) is 4.98. The summed E-state index contributed by atoms with van der Waals surface area (Å²) in [6.45, 7) is 4.68. The van der Waals surface area contributed by atoms with E-state index in [2.05, 4.69) is 4.90 Å². The Hall–Kier alpha value is -0.830. The zero-order chi connectivity index (χ0) is 11.1. The van der Waals surface area contributed by atoms with E-state index >= 15 is 0 Å². The molecule has 0 aliphatic carbocycles. The van der Waals surface area contributed by atoms with Gasteiger partial charge in [0.05, 0.1) is 0 Å². The van der Waals surface area contributed by atoms with Gasteiger partial charge in [0.15, 0.2) is 0 Å². The summed E-state index contributed by atoms with van der Waals surface area (Å²) in [4.78, 5) is 13.0. The van der Waals surface area contributed by atoms with Gasteiger partial charge in [-0.25, -0.2) is 4.79 Å². The molecule has 15 heavy (non-hydrogen) atoms. The number of hydrogen-bond acceptors (Lipinski definition) is 2. The van der Waals surface area contributed by atoms with Gasteiger partial charge in [-0.3, -0.25) is 4.90 Å². The second kappa shape index (κ2) is 6.62. The lowest BCUT2D eigenvalue weighted by Crippen LogP contribution is -2.27. The third-order valence-electron chi connectivity index (χ3n) is 2.94. The first-order valence-corrected chi connectivity index (χ1v) is 5.82. The molecule has 1 fully saturated rings. The van der Waals surface area contributed by atoms with E-state index in [1.807, 2.05) is 6.08 Å². The molecule has 1 aliphatic rings. The van der Waals surface area contributed by atoms with Crippen LogP contribution in [0.25, 0.3) is 0 Å². The average Bonchev–Trinajstić information content (AvgIpc) is 2.15. The first kappa shape index (κ1) is 12.2. The molecule has 1 aliphatic heterocycles. The van der Waals surface area contributed by atoms with Crippen molar-refractivity contribution in [3.05, 3.63) is 11.6 Å². The Morgan fingerprint density at radius 2 is 1.73 bits per heavy atom. The van der Waals surface area contributed by atoms with E-state index in [1.165, 1.54) is 32.1 Å². The van der Waals surface area contributed by atoms with Gasteiger partial charge in [0.25, 0.3) is 0 Å². The molecule has 0 bridgehead atoms. The van der Waals surface area contributed by atoms with Crippen molar-refractivity contribution >= 4 is 5.97 Å². The molecule has 86 valence electrons. The van der Waals surface area contributed by atoms with Crippen molar-refractivity contribution in [3.8, 4) is 0 Å². The van der Waals surface area contributed by atoms with Crippen molar-refractivity contribution in [2.24, 2.45) is 0 Å². The van der Waals surface area contributed by atoms with Crippen LogP contribution in [0.4, 0.5) is 0 Å². The lowest BCUT2D eigenvalue weighted by Gasteiger charge is -2.23. The van der Waals surface area contributed by atoms with Crippen LogP contribution >= 0.6 is 0 Å². The van der Waals surface area contributed by atoms with Crippen LogP contribution in [-0.4, -0.2) is 35.6 Å². The van der Waals surface area contributed by atoms with E-state index in [0.29, 0.717) is 5.57 Å². The smallest absolute Gasteiger partial charge is 0.330 e. The highest BCUT2D eigenvalue weighted by atomic mass is 16.4. The zero-order valence-corrected chi connectivity index (χ0v) is 9.54. The van der Waals surface area contributed by atoms with Gasteiger partial charge in [-0.1, -0.05) is 25.3 Å². The Labute approximate surface area is 91.8 Å². The van der Waals surface area contributed by atoms with E-state index in [-0.39, 0.29) is 0 Å². The highest BCUT2D eigenvalue weighted by molar-refractivity contribution is 5.85. The summed E-state index contributed by atoms with van der Waals surface area (Å²) in [5.74, 6) is -0.804. The summed E-state index contributed by atoms with van der Waals surface area (Å²) >= 11 is 0. The molecule has 0 aromatic heterocycles. The minimum Gasteiger partial charge on any atom is -0.478 e. The van der Waals surface area contributed by atoms with Gasteiger partial charge in [0, 0.05) is 12.1 Å². The molecule has 1 saturated heterocycles. The van der Waals surface area contributed by atoms with Crippen molar-refractivity contribution < 1.29 is 9.90 Å². The predicted molar refractivity (Wildman–Crippen MR) is 60.9 cm³/mol. The second-order valence-electron chi connectivity index (χ2n) is 4.26. The predicted octanol–water partition coefficient (Wildman–Crippen LogP) is 2.28. The van der Waals surface area contributed by atoms with E-state index < -0.39 is 5.97 Å². The van der Waals surface area contributed by atoms with Crippen molar-refractivity contribution in [1.29, 1.82) is 0 Å². The Bertz CT molecular complexity index is 228. The summed E-state index contributed by atoms with van der Waals surface area (Å²) in [6.07, 6.45) is 8.32. The van der Waals surface area contributed by atoms with Gasteiger partial charge < -0.3 is 5.11 Å². The molecule has 0 radical (unpaired) electrons. The normalized spacial score (nSPS) is 20.7. The molecule has 1 rings (SSSR count). The number of carboxylic acids is 1. The lowest BCUT2D eigenvalue weighted by molar-refractivity contribution is -0.132. The largest absolute Gasteiger partial charge is 0.478 e. The number of carboxylic acid groups (broad SMARTS) is 1. The van der Waals surface area contributed by atoms with Crippen LogP contribution in [0.1, 0.15) is 39.0 Å². The van der Waals surface area contributed by atoms with Crippen LogP contribution in [0.5, 0.6) is 0 Å². The summed E-state index contributed by atoms with van der Waals surface area (Å²) < 4.78 is 0. The number of carbonyl (C=O) groups is 1. The molecular weight excluding hydrogens is 190 g/mol. The Morgan fingerprint density at radius 3 is 2.27 bits per heavy atom. The van der Waals surface area contributed by atoms with Crippen LogP contribution in [0, 0.1) is 0 Å². The Morgan fingerprint density at radius 1 is 1.20 bits per heavy atom. The molecule has 0 spiro atoms. The van der Waals surface area contributed by atoms with Gasteiger partial charge in [0.1, 0.15) is 0 Å². The molecule has 0 unspecified atom stereocenters. The number of nitrogens with zero attached hydrogens (tertiary/aromatic N) is 1. The topological polar surface area (TPSA) is 40.5 Å². The molecule has 0 saturated carbocycles. The van der Waals surface area contributed by atoms with Crippen LogP contribution in [0.3, 0.4) is 0 Å². The molecule has 1 heterocycles. The number of rotatable bonds is 3. The van der Waals surface area contributed by atoms with E-state index in [4.69, 9.17) is 5.11 Å². The van der Waals surface area contributed by atoms with Gasteiger partial charge in [-0.2, -0.15) is 0 Å². The van der Waals surface area contributed by atoms with Crippen molar-refractivity contribution in [2.75, 3.05) is 19.6 Å². The minimum atomic E-state index is -0.804. The maximum absolute atomic E-state index is 10.6. The first-order valence-electron chi connectivity index (χ1n) is 5.82. The standard InChI is InChI=1S/C12H21NO2/c1-11(12(14)15)7-10-13-8-5-3-2-4-6-9-13/h7H,2-6,8-10H2,1H3,(H,14,15). The summed E-state index contributed by atoms with van der Waals surface area (Å²) in [6, 6.07) is 0. The van der Waals surface area contributed by atoms with Crippen molar-refractivity contribution in [1.82, 2.24) is 4.90 Å². The highest BCUT2D eigenvalue weighted by Crippen LogP contribution is 2.10. The van der Waals surface area contributed by atoms with Crippen LogP contribution < -0.4 is 0 Å². The summed E-state index contributed by atoms with van der Waals surface area (Å²) in [5, 5.41) is 8.73. The maximum atomic E-state index is 10.6. The quantitative estimate of drug-likeness (QED) is 0.728. The maximum Gasteiger partial charge on any atom is 0.330 e. The van der Waals surface area contributed by atoms with Crippen LogP contribution in [0.15, 0.2) is 11.6 Å². The molecule has 3 nitrogen and oxygen atoms in total. The van der Waals surface area contributed by atoms with Gasteiger partial charge in [-0.15, -0.1) is 0 Å². The third-order valence-corrected chi connectivity index (χ3v) is 2.94. The Kier molecular flexibility index (Phi) is 5.40. The zero-order valence-electron chi connectivity index (χ0n) is 9.54. The summed E-state index contributed by atoms with van der Waals surface area (Å²) in [7, 11) is 0. The van der Waals surface area contributed by atoms with Gasteiger partial charge in [-0.05, 0) is 32.9 Å². The molecule has 1 N–H and O–H groups in total. The number of hydrogen-bond donors (Lipinski definition) is 1. The van der Waals surface area contributed by atoms with E-state index in [0.717, 1.165) is 19.6 Å². The number of likely N-dealkylation sites (tertiary alicyclic amines) is 1. The molecule has 0 amide bonds. The average molecular weight is 211 g/mol. The second-order valence-corrected chi connectivity index (χ2v) is 4.26. The minimum absolute atomic E-state index is 0.456. The Balaban J connectivity index is 2.35. The SMILES string of the molecule is CC(=CCN1CCCCCCC1)C(=O)O. The van der Waals surface area contributed by atoms with Gasteiger partial charge >= 0.3 is 5.97 Å². The van der Waals surface area contributed by atoms with E-state index in [1.54, 1.807) is 6.92 Å². The number of aliphatic carboxylic acids is 1. The fraction of sp³-hybridized carbons (Fsp3) is 0.750. The fourth-order valence-corrected chi connectivity index (χ4v) is 1.85. The highest BCUT2D eigenvalue weighted by Gasteiger charge is 2.07. The van der Waals surface area contributed by atoms with Crippen molar-refractivity contribution in [2.45, 2.75) is 39.0 Å². The van der Waals surface area contributed by atoms with Crippen LogP contribution in [-0.2, 0) is 4.79 Å². The molecule has 0 aromatic rings. The van der Waals surface area contributed by atoms with E-state index in [9.17, 15) is 4.79 Å². The summed E-state index contributed by atoms with van der Waals surface area (Å²) in [5.41, 5.74) is 0.456. The van der Waals surface area contributed by atoms with Gasteiger partial charge in [0.2, 0.25) is 0 Å². The van der Waals surface area contributed by atoms with Crippen molar-refractivity contribution in [3.63, 3.8) is 0 Å². The molecule has 3 heteroatoms. The van der Waals surface area contributed by atoms with Crippen LogP contribution in [0.2, 0.25) is 0 Å². The first-order chi connectivity index (χ1) is 7.20. The molecule has 0 aromatic carbocycles. The fourth-order valence-electron chi connectivity index (χ4n) is 1.85. The lowest BCUT2D eigenvalue weighted by atomic mass is 10.1. The molecule has 0 atom stereocenters. The molecular formula is C12H21NO2.